The summed E-state index contributed by atoms with van der Waals surface area (Å²) < 4.78 is 0. The zero-order valence-electron chi connectivity index (χ0n) is 16.2. The third-order valence-electron chi connectivity index (χ3n) is 5.17. The predicted molar refractivity (Wildman–Crippen MR) is 112 cm³/mol. The zero-order chi connectivity index (χ0) is 19.9. The molecule has 3 rings (SSSR count). The monoisotopic (exact) mass is 400 g/mol. The van der Waals surface area contributed by atoms with Crippen molar-refractivity contribution < 1.29 is 14.5 Å². The molecule has 5 nitrogen and oxygen atoms in total. The minimum Gasteiger partial charge on any atom is -0.331 e. The van der Waals surface area contributed by atoms with Crippen molar-refractivity contribution >= 4 is 29.1 Å². The molecule has 0 bridgehead atoms. The van der Waals surface area contributed by atoms with Crippen molar-refractivity contribution in [3.05, 3.63) is 64.7 Å². The third kappa shape index (κ3) is 5.57. The van der Waals surface area contributed by atoms with Gasteiger partial charge in [0.25, 0.3) is 5.91 Å². The molecule has 0 aromatic heterocycles. The number of hydrogen-bond acceptors (Lipinski definition) is 2. The fraction of sp³-hybridized carbons (Fsp3) is 0.364. The van der Waals surface area contributed by atoms with Crippen LogP contribution in [-0.2, 0) is 22.4 Å². The topological polar surface area (TPSA) is 53.9 Å². The summed E-state index contributed by atoms with van der Waals surface area (Å²) in [6, 6.07) is 15.3. The molecule has 1 fully saturated rings. The number of benzene rings is 2. The Bertz CT molecular complexity index is 815. The van der Waals surface area contributed by atoms with Crippen LogP contribution in [0.3, 0.4) is 0 Å². The van der Waals surface area contributed by atoms with Gasteiger partial charge in [-0.15, -0.1) is 0 Å². The summed E-state index contributed by atoms with van der Waals surface area (Å²) in [5.41, 5.74) is 3.01. The highest BCUT2D eigenvalue weighted by Gasteiger charge is 2.25. The largest absolute Gasteiger partial charge is 0.331 e. The highest BCUT2D eigenvalue weighted by molar-refractivity contribution is 6.30. The maximum Gasteiger partial charge on any atom is 0.279 e. The first-order valence-electron chi connectivity index (χ1n) is 9.78. The van der Waals surface area contributed by atoms with Gasteiger partial charge < -0.3 is 15.1 Å². The summed E-state index contributed by atoms with van der Waals surface area (Å²) in [4.78, 5) is 28.0. The molecule has 2 N–H and O–H groups in total. The van der Waals surface area contributed by atoms with E-state index in [1.165, 1.54) is 4.90 Å². The third-order valence-corrected chi connectivity index (χ3v) is 5.43. The van der Waals surface area contributed by atoms with E-state index in [-0.39, 0.29) is 11.8 Å². The molecule has 0 spiro atoms. The van der Waals surface area contributed by atoms with Gasteiger partial charge >= 0.3 is 0 Å². The van der Waals surface area contributed by atoms with Gasteiger partial charge in [0.1, 0.15) is 0 Å². The first-order chi connectivity index (χ1) is 13.5. The van der Waals surface area contributed by atoms with Crippen molar-refractivity contribution in [1.82, 2.24) is 4.90 Å². The quantitative estimate of drug-likeness (QED) is 0.777. The fourth-order valence-corrected chi connectivity index (χ4v) is 3.64. The maximum atomic E-state index is 12.5. The number of nitrogens with zero attached hydrogens (tertiary/aromatic N) is 1. The Balaban J connectivity index is 1.45. The number of carbonyl (C=O) groups is 2. The van der Waals surface area contributed by atoms with Gasteiger partial charge in [0, 0.05) is 10.7 Å². The van der Waals surface area contributed by atoms with Crippen molar-refractivity contribution in [2.75, 3.05) is 38.0 Å². The molecule has 0 saturated carbocycles. The maximum absolute atomic E-state index is 12.5. The van der Waals surface area contributed by atoms with Crippen molar-refractivity contribution in [2.45, 2.75) is 19.8 Å². The lowest BCUT2D eigenvalue weighted by Gasteiger charge is -2.32. The lowest BCUT2D eigenvalue weighted by atomic mass is 10.1. The molecule has 2 aromatic carbocycles. The molecule has 28 heavy (non-hydrogen) atoms. The van der Waals surface area contributed by atoms with Gasteiger partial charge in [-0.1, -0.05) is 48.9 Å². The van der Waals surface area contributed by atoms with E-state index in [9.17, 15) is 9.59 Å². The molecular formula is C22H27ClN3O2+. The van der Waals surface area contributed by atoms with Crippen LogP contribution in [0.2, 0.25) is 5.02 Å². The summed E-state index contributed by atoms with van der Waals surface area (Å²) in [6.45, 7) is 5.44. The number of halogens is 1. The first kappa shape index (κ1) is 20.4. The number of nitrogens with one attached hydrogen (secondary N) is 2. The molecule has 2 amide bonds. The second kappa shape index (κ2) is 9.71. The molecule has 1 aliphatic rings. The van der Waals surface area contributed by atoms with E-state index >= 15 is 0 Å². The number of hydrogen-bond donors (Lipinski definition) is 2. The first-order valence-corrected chi connectivity index (χ1v) is 10.2. The second-order valence-electron chi connectivity index (χ2n) is 7.17. The molecule has 0 unspecified atom stereocenters. The lowest BCUT2D eigenvalue weighted by molar-refractivity contribution is -0.895. The van der Waals surface area contributed by atoms with Gasteiger partial charge in [0.15, 0.2) is 6.54 Å². The number of anilines is 1. The van der Waals surface area contributed by atoms with Crippen LogP contribution in [0.5, 0.6) is 0 Å². The van der Waals surface area contributed by atoms with Gasteiger partial charge in [-0.2, -0.15) is 0 Å². The number of carbonyl (C=O) groups excluding carboxylic acids is 2. The van der Waals surface area contributed by atoms with E-state index in [1.807, 2.05) is 53.4 Å². The highest BCUT2D eigenvalue weighted by Crippen LogP contribution is 2.15. The molecule has 0 atom stereocenters. The van der Waals surface area contributed by atoms with Crippen molar-refractivity contribution in [3.63, 3.8) is 0 Å². The van der Waals surface area contributed by atoms with E-state index in [0.29, 0.717) is 31.1 Å². The van der Waals surface area contributed by atoms with Crippen LogP contribution in [0.4, 0.5) is 5.69 Å². The normalized spacial score (nSPS) is 14.7. The number of rotatable bonds is 6. The second-order valence-corrected chi connectivity index (χ2v) is 7.61. The van der Waals surface area contributed by atoms with Crippen molar-refractivity contribution in [1.29, 1.82) is 0 Å². The Labute approximate surface area is 171 Å². The Kier molecular flexibility index (Phi) is 7.06. The van der Waals surface area contributed by atoms with Crippen LogP contribution in [-0.4, -0.2) is 49.4 Å². The molecule has 1 saturated heterocycles. The standard InChI is InChI=1S/C22H26ClN3O2/c1-2-18-5-3-4-6-20(18)24-21(27)16-25-11-13-26(14-12-25)22(28)15-17-7-9-19(23)10-8-17/h3-10H,2,11-16H2,1H3,(H,24,27)/p+1. The smallest absolute Gasteiger partial charge is 0.279 e. The summed E-state index contributed by atoms with van der Waals surface area (Å²) >= 11 is 5.89. The van der Waals surface area contributed by atoms with Crippen LogP contribution in [0.25, 0.3) is 0 Å². The van der Waals surface area contributed by atoms with E-state index in [4.69, 9.17) is 11.6 Å². The van der Waals surface area contributed by atoms with Gasteiger partial charge in [0.05, 0.1) is 32.6 Å². The molecule has 148 valence electrons. The van der Waals surface area contributed by atoms with Crippen LogP contribution in [0.1, 0.15) is 18.1 Å². The molecular weight excluding hydrogens is 374 g/mol. The number of amides is 2. The van der Waals surface area contributed by atoms with Gasteiger partial charge in [0.2, 0.25) is 5.91 Å². The minimum absolute atomic E-state index is 0.0249. The summed E-state index contributed by atoms with van der Waals surface area (Å²) in [5.74, 6) is 0.152. The fourth-order valence-electron chi connectivity index (χ4n) is 3.51. The lowest BCUT2D eigenvalue weighted by Crippen LogP contribution is -3.15. The summed E-state index contributed by atoms with van der Waals surface area (Å²) in [5, 5.41) is 3.70. The Hall–Kier alpha value is -2.37. The van der Waals surface area contributed by atoms with Gasteiger partial charge in [-0.3, -0.25) is 9.59 Å². The predicted octanol–water partition coefficient (Wildman–Crippen LogP) is 1.81. The number of para-hydroxylation sites is 1. The molecule has 6 heteroatoms. The van der Waals surface area contributed by atoms with Gasteiger partial charge in [-0.05, 0) is 35.7 Å². The molecule has 2 aromatic rings. The minimum atomic E-state index is 0.0249. The average molecular weight is 401 g/mol. The Morgan fingerprint density at radius 2 is 1.75 bits per heavy atom. The van der Waals surface area contributed by atoms with Gasteiger partial charge in [-0.25, -0.2) is 0 Å². The van der Waals surface area contributed by atoms with E-state index in [2.05, 4.69) is 12.2 Å². The number of aryl methyl sites for hydroxylation is 1. The Morgan fingerprint density at radius 1 is 1.07 bits per heavy atom. The van der Waals surface area contributed by atoms with Crippen LogP contribution < -0.4 is 10.2 Å². The molecule has 1 heterocycles. The summed E-state index contributed by atoms with van der Waals surface area (Å²) in [7, 11) is 0. The number of piperazine rings is 1. The van der Waals surface area contributed by atoms with E-state index in [0.717, 1.165) is 36.3 Å². The Morgan fingerprint density at radius 3 is 2.43 bits per heavy atom. The van der Waals surface area contributed by atoms with Crippen LogP contribution >= 0.6 is 11.6 Å². The van der Waals surface area contributed by atoms with E-state index in [1.54, 1.807) is 0 Å². The SMILES string of the molecule is CCc1ccccc1NC(=O)C[NH+]1CCN(C(=O)Cc2ccc(Cl)cc2)CC1. The van der Waals surface area contributed by atoms with Crippen molar-refractivity contribution in [2.24, 2.45) is 0 Å². The summed E-state index contributed by atoms with van der Waals surface area (Å²) in [6.07, 6.45) is 1.28. The molecule has 1 aliphatic heterocycles. The molecule has 0 radical (unpaired) electrons. The van der Waals surface area contributed by atoms with Crippen LogP contribution in [0.15, 0.2) is 48.5 Å². The molecule has 0 aliphatic carbocycles. The average Bonchev–Trinajstić information content (AvgIpc) is 2.70. The highest BCUT2D eigenvalue weighted by atomic mass is 35.5. The van der Waals surface area contributed by atoms with E-state index < -0.39 is 0 Å². The van der Waals surface area contributed by atoms with Crippen molar-refractivity contribution in [3.8, 4) is 0 Å². The number of quaternary nitrogens is 1. The zero-order valence-corrected chi connectivity index (χ0v) is 17.0. The van der Waals surface area contributed by atoms with Crippen LogP contribution in [0, 0.1) is 0 Å².